The average molecular weight is 491 g/mol. The number of pyridine rings is 1. The van der Waals surface area contributed by atoms with Crippen LogP contribution < -0.4 is 16.6 Å². The van der Waals surface area contributed by atoms with Gasteiger partial charge in [-0.15, -0.1) is 0 Å². The minimum atomic E-state index is -0.418. The van der Waals surface area contributed by atoms with Gasteiger partial charge in [0.2, 0.25) is 0 Å². The summed E-state index contributed by atoms with van der Waals surface area (Å²) in [6.45, 7) is 0. The number of nitrogens with one attached hydrogen (secondary N) is 1. The number of nitrogen functional groups attached to an aromatic ring is 1. The monoisotopic (exact) mass is 490 g/mol. The van der Waals surface area contributed by atoms with E-state index in [0.717, 1.165) is 64.8 Å². The molecule has 2 aromatic carbocycles. The molecule has 0 fully saturated rings. The Kier molecular flexibility index (Phi) is 5.56. The lowest BCUT2D eigenvalue weighted by atomic mass is 9.94. The van der Waals surface area contributed by atoms with Crippen molar-refractivity contribution in [2.75, 3.05) is 11.1 Å². The number of aryl methyl sites for hydroxylation is 2. The molecule has 8 heteroatoms. The lowest BCUT2D eigenvalue weighted by Gasteiger charge is -2.22. The lowest BCUT2D eigenvalue weighted by molar-refractivity contribution is 0.102. The first kappa shape index (κ1) is 22.7. The molecule has 37 heavy (non-hydrogen) atoms. The number of benzene rings is 2. The Balaban J connectivity index is 1.33. The predicted molar refractivity (Wildman–Crippen MR) is 145 cm³/mol. The predicted octanol–water partition coefficient (Wildman–Crippen LogP) is 4.50. The SMILES string of the molecule is Cn1cc(-c2ccc(NC(=O)c3cc4c(n(-c5ccccc5)c3=O)CCCC4)cc2)c2c(N)ncnc21. The number of nitrogens with two attached hydrogens (primary N) is 1. The lowest BCUT2D eigenvalue weighted by Crippen LogP contribution is -2.32. The number of carbonyl (C=O) groups excluding carboxylic acids is 1. The van der Waals surface area contributed by atoms with Crippen LogP contribution in [0.3, 0.4) is 0 Å². The van der Waals surface area contributed by atoms with Gasteiger partial charge in [-0.3, -0.25) is 14.2 Å². The number of anilines is 2. The molecule has 184 valence electrons. The molecular formula is C29H26N6O2. The van der Waals surface area contributed by atoms with Crippen LogP contribution in [0.1, 0.15) is 34.5 Å². The van der Waals surface area contributed by atoms with Crippen LogP contribution in [0.25, 0.3) is 27.8 Å². The highest BCUT2D eigenvalue weighted by molar-refractivity contribution is 6.05. The highest BCUT2D eigenvalue weighted by atomic mass is 16.2. The zero-order valence-electron chi connectivity index (χ0n) is 20.4. The van der Waals surface area contributed by atoms with Gasteiger partial charge in [0, 0.05) is 35.9 Å². The van der Waals surface area contributed by atoms with Gasteiger partial charge in [0.05, 0.1) is 5.39 Å². The smallest absolute Gasteiger partial charge is 0.268 e. The van der Waals surface area contributed by atoms with Crippen molar-refractivity contribution >= 4 is 28.4 Å². The van der Waals surface area contributed by atoms with Crippen molar-refractivity contribution in [2.24, 2.45) is 7.05 Å². The third-order valence-electron chi connectivity index (χ3n) is 7.00. The summed E-state index contributed by atoms with van der Waals surface area (Å²) in [6, 6.07) is 18.8. The molecule has 0 radical (unpaired) electrons. The number of amides is 1. The summed E-state index contributed by atoms with van der Waals surface area (Å²) in [4.78, 5) is 35.3. The molecule has 6 rings (SSSR count). The molecular weight excluding hydrogens is 464 g/mol. The molecule has 1 aliphatic carbocycles. The maximum absolute atomic E-state index is 13.5. The third kappa shape index (κ3) is 3.96. The molecule has 1 aliphatic rings. The van der Waals surface area contributed by atoms with Gasteiger partial charge in [0.1, 0.15) is 23.4 Å². The molecule has 0 saturated heterocycles. The van der Waals surface area contributed by atoms with Crippen molar-refractivity contribution in [3.63, 3.8) is 0 Å². The third-order valence-corrected chi connectivity index (χ3v) is 7.00. The second kappa shape index (κ2) is 9.05. The fraction of sp³-hybridized carbons (Fsp3) is 0.172. The number of nitrogens with zero attached hydrogens (tertiary/aromatic N) is 4. The molecule has 3 aromatic heterocycles. The van der Waals surface area contributed by atoms with Gasteiger partial charge in [0.25, 0.3) is 11.5 Å². The van der Waals surface area contributed by atoms with Crippen molar-refractivity contribution < 1.29 is 4.79 Å². The normalized spacial score (nSPS) is 12.9. The van der Waals surface area contributed by atoms with E-state index >= 15 is 0 Å². The van der Waals surface area contributed by atoms with E-state index in [2.05, 4.69) is 15.3 Å². The molecule has 1 amide bonds. The number of rotatable bonds is 4. The van der Waals surface area contributed by atoms with Crippen LogP contribution in [0, 0.1) is 0 Å². The van der Waals surface area contributed by atoms with Gasteiger partial charge in [0.15, 0.2) is 0 Å². The second-order valence-electron chi connectivity index (χ2n) is 9.36. The Hall–Kier alpha value is -4.72. The Labute approximate surface area is 213 Å². The maximum atomic E-state index is 13.5. The Morgan fingerprint density at radius 1 is 1.00 bits per heavy atom. The highest BCUT2D eigenvalue weighted by Crippen LogP contribution is 2.32. The topological polar surface area (TPSA) is 108 Å². The van der Waals surface area contributed by atoms with Crippen LogP contribution in [0.2, 0.25) is 0 Å². The van der Waals surface area contributed by atoms with Crippen LogP contribution in [-0.4, -0.2) is 25.0 Å². The maximum Gasteiger partial charge on any atom is 0.268 e. The molecule has 0 spiro atoms. The van der Waals surface area contributed by atoms with E-state index in [-0.39, 0.29) is 11.1 Å². The van der Waals surface area contributed by atoms with Crippen molar-refractivity contribution in [1.82, 2.24) is 19.1 Å². The van der Waals surface area contributed by atoms with Crippen molar-refractivity contribution in [2.45, 2.75) is 25.7 Å². The largest absolute Gasteiger partial charge is 0.383 e. The van der Waals surface area contributed by atoms with Crippen molar-refractivity contribution in [3.8, 4) is 16.8 Å². The minimum Gasteiger partial charge on any atom is -0.383 e. The van der Waals surface area contributed by atoms with E-state index in [0.29, 0.717) is 11.5 Å². The minimum absolute atomic E-state index is 0.146. The Morgan fingerprint density at radius 3 is 2.54 bits per heavy atom. The molecule has 5 aromatic rings. The molecule has 0 atom stereocenters. The van der Waals surface area contributed by atoms with Crippen molar-refractivity contribution in [3.05, 3.63) is 100 Å². The van der Waals surface area contributed by atoms with Crippen LogP contribution in [0.15, 0.2) is 78.0 Å². The van der Waals surface area contributed by atoms with Crippen molar-refractivity contribution in [1.29, 1.82) is 0 Å². The number of fused-ring (bicyclic) bond motifs is 2. The Morgan fingerprint density at radius 2 is 1.76 bits per heavy atom. The fourth-order valence-corrected chi connectivity index (χ4v) is 5.20. The van der Waals surface area contributed by atoms with Crippen LogP contribution in [-0.2, 0) is 19.9 Å². The zero-order valence-corrected chi connectivity index (χ0v) is 20.4. The summed E-state index contributed by atoms with van der Waals surface area (Å²) in [7, 11) is 1.91. The molecule has 0 aliphatic heterocycles. The van der Waals surface area contributed by atoms with E-state index in [1.54, 1.807) is 10.6 Å². The van der Waals surface area contributed by atoms with Gasteiger partial charge >= 0.3 is 0 Å². The summed E-state index contributed by atoms with van der Waals surface area (Å²) < 4.78 is 3.62. The molecule has 3 heterocycles. The van der Waals surface area contributed by atoms with Gasteiger partial charge < -0.3 is 15.6 Å². The molecule has 0 unspecified atom stereocenters. The van der Waals surface area contributed by atoms with Crippen LogP contribution in [0.5, 0.6) is 0 Å². The summed E-state index contributed by atoms with van der Waals surface area (Å²) in [5.41, 5.74) is 12.0. The average Bonchev–Trinajstić information content (AvgIpc) is 3.26. The van der Waals surface area contributed by atoms with Gasteiger partial charge in [-0.05, 0) is 67.1 Å². The first-order valence-electron chi connectivity index (χ1n) is 12.3. The number of aromatic nitrogens is 4. The van der Waals surface area contributed by atoms with Crippen LogP contribution in [0.4, 0.5) is 11.5 Å². The van der Waals surface area contributed by atoms with E-state index in [1.165, 1.54) is 6.33 Å². The summed E-state index contributed by atoms with van der Waals surface area (Å²) in [5, 5.41) is 3.70. The molecule has 0 bridgehead atoms. The number of carbonyl (C=O) groups is 1. The summed E-state index contributed by atoms with van der Waals surface area (Å²) >= 11 is 0. The number of hydrogen-bond acceptors (Lipinski definition) is 5. The fourth-order valence-electron chi connectivity index (χ4n) is 5.20. The standard InChI is InChI=1S/C29H26N6O2/c1-34-16-23(25-26(30)31-17-32-27(25)34)18-11-13-20(14-12-18)33-28(36)22-15-19-7-5-6-10-24(19)35(29(22)37)21-8-3-2-4-9-21/h2-4,8-9,11-17H,5-7,10H2,1H3,(H,33,36)(H2,30,31,32). The molecule has 3 N–H and O–H groups in total. The highest BCUT2D eigenvalue weighted by Gasteiger charge is 2.22. The van der Waals surface area contributed by atoms with Gasteiger partial charge in [-0.2, -0.15) is 0 Å². The summed E-state index contributed by atoms with van der Waals surface area (Å²) in [5.74, 6) is -0.00121. The molecule has 0 saturated carbocycles. The van der Waals surface area contributed by atoms with E-state index < -0.39 is 5.91 Å². The second-order valence-corrected chi connectivity index (χ2v) is 9.36. The van der Waals surface area contributed by atoms with Gasteiger partial charge in [-0.1, -0.05) is 30.3 Å². The summed E-state index contributed by atoms with van der Waals surface area (Å²) in [6.07, 6.45) is 7.18. The van der Waals surface area contributed by atoms with E-state index in [1.807, 2.05) is 72.4 Å². The van der Waals surface area contributed by atoms with Gasteiger partial charge in [-0.25, -0.2) is 9.97 Å². The first-order valence-corrected chi connectivity index (χ1v) is 12.3. The van der Waals surface area contributed by atoms with E-state index in [4.69, 9.17) is 5.73 Å². The number of hydrogen-bond donors (Lipinski definition) is 2. The van der Waals surface area contributed by atoms with Crippen LogP contribution >= 0.6 is 0 Å². The quantitative estimate of drug-likeness (QED) is 0.386. The first-order chi connectivity index (χ1) is 18.0. The molecule has 8 nitrogen and oxygen atoms in total. The zero-order chi connectivity index (χ0) is 25.5. The Bertz CT molecular complexity index is 1700. The number of para-hydroxylation sites is 1. The van der Waals surface area contributed by atoms with E-state index in [9.17, 15) is 9.59 Å².